The predicted octanol–water partition coefficient (Wildman–Crippen LogP) is -4.95. The van der Waals surface area contributed by atoms with Crippen LogP contribution in [0.15, 0.2) is 0 Å². The quantitative estimate of drug-likeness (QED) is 0.413. The van der Waals surface area contributed by atoms with Crippen LogP contribution in [0.2, 0.25) is 0 Å². The van der Waals surface area contributed by atoms with E-state index in [4.69, 9.17) is 0 Å². The van der Waals surface area contributed by atoms with Crippen LogP contribution in [-0.2, 0) is 0 Å². The Labute approximate surface area is 157 Å². The van der Waals surface area contributed by atoms with Crippen LogP contribution in [0.4, 0.5) is 0 Å². The molecule has 0 aromatic heterocycles. The predicted molar refractivity (Wildman–Crippen MR) is 74.8 cm³/mol. The molecule has 0 unspecified atom stereocenters. The van der Waals surface area contributed by atoms with Crippen LogP contribution in [-0.4, -0.2) is 117 Å². The molecule has 0 aromatic rings. The van der Waals surface area contributed by atoms with Crippen molar-refractivity contribution in [3.8, 4) is 0 Å². The van der Waals surface area contributed by atoms with Crippen molar-refractivity contribution in [2.45, 2.75) is 0 Å². The van der Waals surface area contributed by atoms with E-state index in [1.165, 1.54) is 0 Å². The minimum absolute atomic E-state index is 0. The van der Waals surface area contributed by atoms with E-state index in [2.05, 4.69) is 72.8 Å². The van der Waals surface area contributed by atoms with Crippen molar-refractivity contribution in [2.24, 2.45) is 0 Å². The Morgan fingerprint density at radius 2 is 0.643 bits per heavy atom. The van der Waals surface area contributed by atoms with Crippen LogP contribution in [0, 0.1) is 41.7 Å². The third-order valence-corrected chi connectivity index (χ3v) is 0.250. The molecular formula is Be13Ce. The first-order chi connectivity index (χ1) is 5.33. The van der Waals surface area contributed by atoms with E-state index < -0.39 is 0 Å². The standard InChI is InChI=1S/13Be.Ce. The first kappa shape index (κ1) is 43.2. The van der Waals surface area contributed by atoms with Crippen molar-refractivity contribution < 1.29 is 41.7 Å². The van der Waals surface area contributed by atoms with Gasteiger partial charge in [-0.25, -0.2) is 0 Å². The molecule has 0 N–H and O–H groups in total. The zero-order valence-electron chi connectivity index (χ0n) is 9.69. The smallest absolute Gasteiger partial charge is 0 e. The summed E-state index contributed by atoms with van der Waals surface area (Å²) in [6, 6.07) is 0. The van der Waals surface area contributed by atoms with Gasteiger partial charge in [0.2, 0.25) is 0 Å². The summed E-state index contributed by atoms with van der Waals surface area (Å²) in [7, 11) is 28.5. The number of hydrogen-bond acceptors (Lipinski definition) is 0. The summed E-state index contributed by atoms with van der Waals surface area (Å²) in [6.07, 6.45) is 0. The maximum absolute atomic E-state index is 3.54. The van der Waals surface area contributed by atoms with Gasteiger partial charge in [0.05, 0.1) is 0 Å². The van der Waals surface area contributed by atoms with Crippen molar-refractivity contribution in [3.63, 3.8) is 0 Å². The number of rotatable bonds is 1. The fraction of sp³-hybridized carbons (Fsp3) is 0. The van der Waals surface area contributed by atoms with Crippen LogP contribution in [0.25, 0.3) is 0 Å². The molecule has 0 rings (SSSR count). The minimum atomic E-state index is 0. The molecule has 0 saturated carbocycles. The van der Waals surface area contributed by atoms with Crippen LogP contribution in [0.5, 0.6) is 0 Å². The first-order valence-electron chi connectivity index (χ1n) is 3.50. The van der Waals surface area contributed by atoms with Crippen LogP contribution in [0.3, 0.4) is 0 Å². The summed E-state index contributed by atoms with van der Waals surface area (Å²) in [5.41, 5.74) is 0. The molecule has 0 aromatic carbocycles. The molecular weight excluding hydrogens is 257 g/mol. The second-order valence-electron chi connectivity index (χ2n) is 1.06. The summed E-state index contributed by atoms with van der Waals surface area (Å²) >= 11 is 0. The van der Waals surface area contributed by atoms with Crippen molar-refractivity contribution in [3.05, 3.63) is 0 Å². The zero-order valence-corrected chi connectivity index (χ0v) is 12.8. The van der Waals surface area contributed by atoms with Crippen LogP contribution >= 0.6 is 0 Å². The average molecular weight is 257 g/mol. The summed E-state index contributed by atoms with van der Waals surface area (Å²) in [6.45, 7) is 0. The molecule has 0 atom stereocenters. The zero-order chi connectivity index (χ0) is 10.1. The van der Waals surface area contributed by atoms with Crippen LogP contribution in [0.1, 0.15) is 0 Å². The monoisotopic (exact) mass is 257 g/mol. The maximum Gasteiger partial charge on any atom is 0 e. The van der Waals surface area contributed by atoms with Crippen molar-refractivity contribution in [1.82, 2.24) is 0 Å². The third kappa shape index (κ3) is 158. The van der Waals surface area contributed by atoms with Gasteiger partial charge in [-0.15, -0.1) is 0 Å². The van der Waals surface area contributed by atoms with E-state index in [0.717, 1.165) is 24.3 Å². The Kier molecular flexibility index (Phi) is 287. The van der Waals surface area contributed by atoms with Crippen molar-refractivity contribution >= 4 is 117 Å². The first-order valence-corrected chi connectivity index (χ1v) is 3.50. The second kappa shape index (κ2) is 93.0. The molecule has 0 nitrogen and oxygen atoms in total. The van der Waals surface area contributed by atoms with Gasteiger partial charge in [-0.2, -0.15) is 0 Å². The molecule has 0 spiro atoms. The normalized spacial score (nSPS) is 1.43. The molecule has 0 aliphatic carbocycles. The van der Waals surface area contributed by atoms with Gasteiger partial charge in [0.25, 0.3) is 0 Å². The molecule has 0 bridgehead atoms. The Balaban J connectivity index is -0.00000000908. The average Bonchev–Trinajstić information content (AvgIpc) is 2.12. The largest absolute Gasteiger partial charge is 0 e. The fourth-order valence-corrected chi connectivity index (χ4v) is 0. The maximum atomic E-state index is 3.54. The molecule has 0 aliphatic heterocycles. The topological polar surface area (TPSA) is 0 Å². The van der Waals surface area contributed by atoms with Crippen molar-refractivity contribution in [1.29, 1.82) is 0 Å². The molecule has 0 amide bonds. The van der Waals surface area contributed by atoms with Crippen LogP contribution < -0.4 is 0 Å². The van der Waals surface area contributed by atoms with E-state index in [-0.39, 0.29) is 62.0 Å². The minimum Gasteiger partial charge on any atom is 0 e. The summed E-state index contributed by atoms with van der Waals surface area (Å²) in [5, 5.41) is 0. The summed E-state index contributed by atoms with van der Waals surface area (Å²) < 4.78 is 0. The fourth-order valence-electron chi connectivity index (χ4n) is 0. The summed E-state index contributed by atoms with van der Waals surface area (Å²) in [5.74, 6) is 0. The van der Waals surface area contributed by atoms with E-state index >= 15 is 0 Å². The molecule has 0 fully saturated rings. The van der Waals surface area contributed by atoms with Gasteiger partial charge in [-0.1, -0.05) is 0 Å². The Morgan fingerprint density at radius 1 is 0.571 bits per heavy atom. The third-order valence-electron chi connectivity index (χ3n) is 0.250. The van der Waals surface area contributed by atoms with Gasteiger partial charge in [-0.05, 0) is 0 Å². The van der Waals surface area contributed by atoms with Gasteiger partial charge >= 0.3 is 97.1 Å². The van der Waals surface area contributed by atoms with Gasteiger partial charge in [-0.3, -0.25) is 0 Å². The van der Waals surface area contributed by atoms with Crippen molar-refractivity contribution in [2.75, 3.05) is 0 Å². The van der Waals surface area contributed by atoms with Gasteiger partial charge < -0.3 is 0 Å². The Hall–Kier alpha value is 3.57. The van der Waals surface area contributed by atoms with E-state index in [0.29, 0.717) is 0 Å². The van der Waals surface area contributed by atoms with Gasteiger partial charge in [0, 0.05) is 62.0 Å². The van der Waals surface area contributed by atoms with E-state index in [1.54, 1.807) is 0 Å². The van der Waals surface area contributed by atoms with Gasteiger partial charge in [0.1, 0.15) is 0 Å². The molecule has 14 heteroatoms. The molecule has 0 heterocycles. The molecule has 0 aliphatic rings. The summed E-state index contributed by atoms with van der Waals surface area (Å²) in [4.78, 5) is 0. The Morgan fingerprint density at radius 3 is 0.643 bits per heavy atom. The molecule has 0 saturated heterocycles. The SMILES string of the molecule is [Be].[Be].[Be][Be].[Be][Be].[Be][Be][Be].[Be][Be][Be][Be].[Ce]. The molecule has 12 radical (unpaired) electrons. The van der Waals surface area contributed by atoms with Gasteiger partial charge in [0.15, 0.2) is 0 Å². The molecule has 30 valence electrons. The molecule has 14 heavy (non-hydrogen) atoms. The second-order valence-corrected chi connectivity index (χ2v) is 1.06. The number of hydrogen-bond donors (Lipinski definition) is 0. The van der Waals surface area contributed by atoms with E-state index in [1.807, 2.05) is 0 Å². The Bertz CT molecular complexity index is 12.7. The van der Waals surface area contributed by atoms with E-state index in [9.17, 15) is 0 Å².